The van der Waals surface area contributed by atoms with E-state index in [1.54, 1.807) is 21.3 Å². The summed E-state index contributed by atoms with van der Waals surface area (Å²) in [5, 5.41) is 0. The van der Waals surface area contributed by atoms with Crippen molar-refractivity contribution in [1.82, 2.24) is 0 Å². The van der Waals surface area contributed by atoms with E-state index >= 15 is 0 Å². The Bertz CT molecular complexity index is 730. The Morgan fingerprint density at radius 3 is 2.46 bits per heavy atom. The molecule has 2 aromatic rings. The number of methoxy groups -OCH3 is 3. The summed E-state index contributed by atoms with van der Waals surface area (Å²) in [5.41, 5.74) is 3.61. The Hall–Kier alpha value is -1.72. The molecular weight excluding hydrogens is 372 g/mol. The Morgan fingerprint density at radius 1 is 1.04 bits per heavy atom. The third-order valence-electron chi connectivity index (χ3n) is 4.35. The zero-order valence-electron chi connectivity index (χ0n) is 14.1. The van der Waals surface area contributed by atoms with Gasteiger partial charge in [-0.05, 0) is 47.4 Å². The summed E-state index contributed by atoms with van der Waals surface area (Å²) in [6.45, 7) is 0.709. The highest BCUT2D eigenvalue weighted by atomic mass is 79.9. The fourth-order valence-corrected chi connectivity index (χ4v) is 3.56. The van der Waals surface area contributed by atoms with Crippen LogP contribution >= 0.6 is 15.9 Å². The maximum atomic E-state index is 6.04. The number of fused-ring (bicyclic) bond motifs is 1. The standard InChI is InChI=1S/C19H21BrO4/c1-21-14-5-4-13(16(20)10-14)9-17-15-11-19(23-3)18(22-2)8-12(15)6-7-24-17/h4-5,8,10-11,17H,6-7,9H2,1-3H3/t17-/m1/s1. The summed E-state index contributed by atoms with van der Waals surface area (Å²) in [5.74, 6) is 2.34. The van der Waals surface area contributed by atoms with Gasteiger partial charge in [0.05, 0.1) is 34.0 Å². The van der Waals surface area contributed by atoms with Gasteiger partial charge < -0.3 is 18.9 Å². The number of benzene rings is 2. The third-order valence-corrected chi connectivity index (χ3v) is 5.09. The van der Waals surface area contributed by atoms with Crippen molar-refractivity contribution in [3.05, 3.63) is 51.5 Å². The van der Waals surface area contributed by atoms with Gasteiger partial charge in [-0.2, -0.15) is 0 Å². The lowest BCUT2D eigenvalue weighted by molar-refractivity contribution is 0.0423. The maximum Gasteiger partial charge on any atom is 0.161 e. The smallest absolute Gasteiger partial charge is 0.161 e. The summed E-state index contributed by atoms with van der Waals surface area (Å²) in [6, 6.07) is 10.1. The highest BCUT2D eigenvalue weighted by molar-refractivity contribution is 9.10. The van der Waals surface area contributed by atoms with Gasteiger partial charge in [0, 0.05) is 10.9 Å². The van der Waals surface area contributed by atoms with Crippen LogP contribution in [0, 0.1) is 0 Å². The second kappa shape index (κ2) is 7.45. The van der Waals surface area contributed by atoms with Crippen LogP contribution in [0.4, 0.5) is 0 Å². The monoisotopic (exact) mass is 392 g/mol. The Morgan fingerprint density at radius 2 is 1.79 bits per heavy atom. The van der Waals surface area contributed by atoms with Gasteiger partial charge in [0.15, 0.2) is 11.5 Å². The highest BCUT2D eigenvalue weighted by Gasteiger charge is 2.24. The molecule has 0 N–H and O–H groups in total. The van der Waals surface area contributed by atoms with E-state index in [1.807, 2.05) is 18.2 Å². The molecule has 1 atom stereocenters. The van der Waals surface area contributed by atoms with E-state index in [4.69, 9.17) is 18.9 Å². The highest BCUT2D eigenvalue weighted by Crippen LogP contribution is 2.39. The lowest BCUT2D eigenvalue weighted by Gasteiger charge is -2.27. The topological polar surface area (TPSA) is 36.9 Å². The van der Waals surface area contributed by atoms with E-state index in [0.29, 0.717) is 6.61 Å². The van der Waals surface area contributed by atoms with Gasteiger partial charge in [-0.1, -0.05) is 22.0 Å². The van der Waals surface area contributed by atoms with Gasteiger partial charge in [-0.15, -0.1) is 0 Å². The lowest BCUT2D eigenvalue weighted by atomic mass is 9.92. The van der Waals surface area contributed by atoms with E-state index in [1.165, 1.54) is 16.7 Å². The molecular formula is C19H21BrO4. The molecule has 0 aliphatic carbocycles. The predicted octanol–water partition coefficient (Wildman–Crippen LogP) is 4.33. The molecule has 0 aromatic heterocycles. The molecule has 128 valence electrons. The van der Waals surface area contributed by atoms with Gasteiger partial charge in [-0.3, -0.25) is 0 Å². The minimum absolute atomic E-state index is 0.00162. The minimum Gasteiger partial charge on any atom is -0.497 e. The van der Waals surface area contributed by atoms with Crippen LogP contribution in [0.1, 0.15) is 22.8 Å². The van der Waals surface area contributed by atoms with Crippen molar-refractivity contribution < 1.29 is 18.9 Å². The fraction of sp³-hybridized carbons (Fsp3) is 0.368. The average Bonchev–Trinajstić information content (AvgIpc) is 2.62. The van der Waals surface area contributed by atoms with Crippen molar-refractivity contribution in [2.24, 2.45) is 0 Å². The van der Waals surface area contributed by atoms with Crippen molar-refractivity contribution in [2.45, 2.75) is 18.9 Å². The first-order valence-corrected chi connectivity index (χ1v) is 8.64. The molecule has 0 radical (unpaired) electrons. The first-order valence-electron chi connectivity index (χ1n) is 7.85. The molecule has 2 aromatic carbocycles. The van der Waals surface area contributed by atoms with Gasteiger partial charge in [0.1, 0.15) is 5.75 Å². The van der Waals surface area contributed by atoms with Crippen molar-refractivity contribution in [2.75, 3.05) is 27.9 Å². The quantitative estimate of drug-likeness (QED) is 0.758. The summed E-state index contributed by atoms with van der Waals surface area (Å²) in [7, 11) is 4.99. The van der Waals surface area contributed by atoms with Gasteiger partial charge >= 0.3 is 0 Å². The zero-order valence-corrected chi connectivity index (χ0v) is 15.7. The van der Waals surface area contributed by atoms with Crippen LogP contribution in [0.15, 0.2) is 34.8 Å². The molecule has 1 aliphatic heterocycles. The number of rotatable bonds is 5. The van der Waals surface area contributed by atoms with Gasteiger partial charge in [0.2, 0.25) is 0 Å². The first kappa shape index (κ1) is 17.1. The van der Waals surface area contributed by atoms with Crippen LogP contribution in [0.25, 0.3) is 0 Å². The largest absolute Gasteiger partial charge is 0.497 e. The molecule has 0 saturated heterocycles. The van der Waals surface area contributed by atoms with Crippen molar-refractivity contribution in [3.8, 4) is 17.2 Å². The molecule has 3 rings (SSSR count). The normalized spacial score (nSPS) is 16.4. The molecule has 0 bridgehead atoms. The average molecular weight is 393 g/mol. The lowest BCUT2D eigenvalue weighted by Crippen LogP contribution is -2.18. The number of halogens is 1. The van der Waals surface area contributed by atoms with E-state index in [0.717, 1.165) is 34.6 Å². The minimum atomic E-state index is -0.00162. The first-order chi connectivity index (χ1) is 11.7. The van der Waals surface area contributed by atoms with Crippen molar-refractivity contribution >= 4 is 15.9 Å². The Kier molecular flexibility index (Phi) is 5.31. The number of hydrogen-bond donors (Lipinski definition) is 0. The molecule has 4 nitrogen and oxygen atoms in total. The number of ether oxygens (including phenoxy) is 4. The molecule has 1 heterocycles. The Balaban J connectivity index is 1.92. The predicted molar refractivity (Wildman–Crippen MR) is 96.3 cm³/mol. The van der Waals surface area contributed by atoms with Crippen LogP contribution in [-0.2, 0) is 17.6 Å². The van der Waals surface area contributed by atoms with E-state index in [-0.39, 0.29) is 6.10 Å². The van der Waals surface area contributed by atoms with Gasteiger partial charge in [-0.25, -0.2) is 0 Å². The van der Waals surface area contributed by atoms with Crippen LogP contribution in [0.3, 0.4) is 0 Å². The second-order valence-corrected chi connectivity index (χ2v) is 6.53. The molecule has 0 fully saturated rings. The summed E-state index contributed by atoms with van der Waals surface area (Å²) in [4.78, 5) is 0. The maximum absolute atomic E-state index is 6.04. The van der Waals surface area contributed by atoms with E-state index in [2.05, 4.69) is 28.1 Å². The van der Waals surface area contributed by atoms with E-state index < -0.39 is 0 Å². The Labute approximate surface area is 150 Å². The molecule has 0 unspecified atom stereocenters. The molecule has 1 aliphatic rings. The van der Waals surface area contributed by atoms with Crippen molar-refractivity contribution in [3.63, 3.8) is 0 Å². The molecule has 0 saturated carbocycles. The van der Waals surface area contributed by atoms with Crippen LogP contribution < -0.4 is 14.2 Å². The third kappa shape index (κ3) is 3.37. The number of hydrogen-bond acceptors (Lipinski definition) is 4. The van der Waals surface area contributed by atoms with Crippen LogP contribution in [0.5, 0.6) is 17.2 Å². The summed E-state index contributed by atoms with van der Waals surface area (Å²) < 4.78 is 23.2. The second-order valence-electron chi connectivity index (χ2n) is 5.68. The molecule has 24 heavy (non-hydrogen) atoms. The zero-order chi connectivity index (χ0) is 17.1. The molecule has 0 spiro atoms. The van der Waals surface area contributed by atoms with Gasteiger partial charge in [0.25, 0.3) is 0 Å². The van der Waals surface area contributed by atoms with Crippen LogP contribution in [0.2, 0.25) is 0 Å². The van der Waals surface area contributed by atoms with Crippen molar-refractivity contribution in [1.29, 1.82) is 0 Å². The fourth-order valence-electron chi connectivity index (χ4n) is 3.04. The molecule has 5 heteroatoms. The molecule has 0 amide bonds. The van der Waals surface area contributed by atoms with Crippen LogP contribution in [-0.4, -0.2) is 27.9 Å². The summed E-state index contributed by atoms with van der Waals surface area (Å²) >= 11 is 3.63. The summed E-state index contributed by atoms with van der Waals surface area (Å²) in [6.07, 6.45) is 1.67. The SMILES string of the molecule is COc1ccc(C[C@H]2OCCc3cc(OC)c(OC)cc32)c(Br)c1. The van der Waals surface area contributed by atoms with E-state index in [9.17, 15) is 0 Å².